The molecule has 0 N–H and O–H groups in total. The molecule has 0 spiro atoms. The highest BCUT2D eigenvalue weighted by Crippen LogP contribution is 2.37. The summed E-state index contributed by atoms with van der Waals surface area (Å²) in [6, 6.07) is 3.35. The predicted molar refractivity (Wildman–Crippen MR) is 59.7 cm³/mol. The minimum atomic E-state index is -4.51. The molecule has 98 valence electrons. The third kappa shape index (κ3) is 3.24. The van der Waals surface area contributed by atoms with Gasteiger partial charge >= 0.3 is 6.18 Å². The highest BCUT2D eigenvalue weighted by molar-refractivity contribution is 5.75. The topological polar surface area (TPSA) is 26.3 Å². The van der Waals surface area contributed by atoms with Crippen molar-refractivity contribution in [3.63, 3.8) is 0 Å². The van der Waals surface area contributed by atoms with Crippen LogP contribution in [0.3, 0.4) is 0 Å². The second-order valence-corrected chi connectivity index (χ2v) is 4.45. The van der Waals surface area contributed by atoms with Crippen LogP contribution in [0.2, 0.25) is 0 Å². The third-order valence-corrected chi connectivity index (χ3v) is 2.93. The zero-order valence-electron chi connectivity index (χ0n) is 9.67. The van der Waals surface area contributed by atoms with Gasteiger partial charge in [-0.1, -0.05) is 12.8 Å². The maximum atomic E-state index is 12.8. The van der Waals surface area contributed by atoms with E-state index in [1.54, 1.807) is 0 Å². The lowest BCUT2D eigenvalue weighted by molar-refractivity contribution is -0.139. The van der Waals surface area contributed by atoms with Gasteiger partial charge in [-0.2, -0.15) is 13.2 Å². The Balaban J connectivity index is 2.13. The van der Waals surface area contributed by atoms with Gasteiger partial charge in [0.2, 0.25) is 0 Å². The second-order valence-electron chi connectivity index (χ2n) is 4.45. The molecule has 0 aliphatic heterocycles. The minimum absolute atomic E-state index is 0.00290. The number of alkyl halides is 3. The molecular weight excluding hydrogens is 245 g/mol. The average Bonchev–Trinajstić information content (AvgIpc) is 3.12. The number of benzene rings is 1. The van der Waals surface area contributed by atoms with Crippen molar-refractivity contribution in [1.29, 1.82) is 0 Å². The zero-order chi connectivity index (χ0) is 13.2. The Hall–Kier alpha value is -1.52. The van der Waals surface area contributed by atoms with Gasteiger partial charge in [0.25, 0.3) is 0 Å². The summed E-state index contributed by atoms with van der Waals surface area (Å²) in [5.74, 6) is 0.405. The molecule has 0 amide bonds. The molecule has 1 aliphatic rings. The molecule has 1 saturated carbocycles. The summed E-state index contributed by atoms with van der Waals surface area (Å²) in [6.45, 7) is 0.286. The third-order valence-electron chi connectivity index (χ3n) is 2.93. The number of rotatable bonds is 5. The number of carbonyl (C=O) groups is 1. The van der Waals surface area contributed by atoms with Crippen molar-refractivity contribution in [1.82, 2.24) is 0 Å². The van der Waals surface area contributed by atoms with Crippen LogP contribution < -0.4 is 4.74 Å². The van der Waals surface area contributed by atoms with Gasteiger partial charge in [0.1, 0.15) is 12.0 Å². The smallest absolute Gasteiger partial charge is 0.419 e. The first-order valence-electron chi connectivity index (χ1n) is 5.80. The van der Waals surface area contributed by atoms with E-state index >= 15 is 0 Å². The fourth-order valence-corrected chi connectivity index (χ4v) is 1.71. The lowest BCUT2D eigenvalue weighted by Gasteiger charge is -2.14. The van der Waals surface area contributed by atoms with Crippen LogP contribution >= 0.6 is 0 Å². The molecule has 0 heterocycles. The molecule has 1 fully saturated rings. The Morgan fingerprint density at radius 3 is 2.61 bits per heavy atom. The van der Waals surface area contributed by atoms with Gasteiger partial charge in [0.05, 0.1) is 12.2 Å². The van der Waals surface area contributed by atoms with E-state index < -0.39 is 11.7 Å². The Morgan fingerprint density at radius 1 is 1.33 bits per heavy atom. The van der Waals surface area contributed by atoms with E-state index in [0.29, 0.717) is 12.2 Å². The number of aldehydes is 1. The Kier molecular flexibility index (Phi) is 3.59. The maximum absolute atomic E-state index is 12.8. The van der Waals surface area contributed by atoms with Gasteiger partial charge in [-0.3, -0.25) is 4.79 Å². The molecule has 18 heavy (non-hydrogen) atoms. The SMILES string of the molecule is O=Cc1ccc(OCCC2CC2)c(C(F)(F)F)c1. The van der Waals surface area contributed by atoms with Gasteiger partial charge in [-0.25, -0.2) is 0 Å². The minimum Gasteiger partial charge on any atom is -0.493 e. The van der Waals surface area contributed by atoms with Crippen LogP contribution in [0.1, 0.15) is 35.2 Å². The molecular formula is C13H13F3O2. The number of carbonyl (C=O) groups excluding carboxylic acids is 1. The lowest BCUT2D eigenvalue weighted by atomic mass is 10.1. The molecule has 0 unspecified atom stereocenters. The summed E-state index contributed by atoms with van der Waals surface area (Å²) in [7, 11) is 0. The predicted octanol–water partition coefficient (Wildman–Crippen LogP) is 3.70. The van der Waals surface area contributed by atoms with Crippen molar-refractivity contribution < 1.29 is 22.7 Å². The molecule has 0 radical (unpaired) electrons. The molecule has 0 aromatic heterocycles. The normalized spacial score (nSPS) is 15.5. The Labute approximate surface area is 103 Å². The molecule has 0 atom stereocenters. The molecule has 1 aromatic rings. The summed E-state index contributed by atoms with van der Waals surface area (Å²) >= 11 is 0. The molecule has 1 aromatic carbocycles. The van der Waals surface area contributed by atoms with Crippen LogP contribution in [0.5, 0.6) is 5.75 Å². The van der Waals surface area contributed by atoms with E-state index in [4.69, 9.17) is 4.74 Å². The van der Waals surface area contributed by atoms with Gasteiger partial charge in [0.15, 0.2) is 0 Å². The van der Waals surface area contributed by atoms with E-state index in [9.17, 15) is 18.0 Å². The first kappa shape index (κ1) is 12.9. The molecule has 0 saturated heterocycles. The van der Waals surface area contributed by atoms with Crippen molar-refractivity contribution in [3.8, 4) is 5.75 Å². The van der Waals surface area contributed by atoms with E-state index in [-0.39, 0.29) is 17.9 Å². The summed E-state index contributed by atoms with van der Waals surface area (Å²) in [6.07, 6.45) is -1.05. The van der Waals surface area contributed by atoms with Crippen LogP contribution in [-0.4, -0.2) is 12.9 Å². The van der Waals surface area contributed by atoms with Crippen molar-refractivity contribution in [3.05, 3.63) is 29.3 Å². The van der Waals surface area contributed by atoms with Crippen molar-refractivity contribution in [2.45, 2.75) is 25.4 Å². The summed E-state index contributed by atoms with van der Waals surface area (Å²) < 4.78 is 43.5. The summed E-state index contributed by atoms with van der Waals surface area (Å²) in [5.41, 5.74) is -0.889. The fourth-order valence-electron chi connectivity index (χ4n) is 1.71. The van der Waals surface area contributed by atoms with E-state index in [1.807, 2.05) is 0 Å². The number of ether oxygens (including phenoxy) is 1. The fraction of sp³-hybridized carbons (Fsp3) is 0.462. The van der Waals surface area contributed by atoms with Gasteiger partial charge in [-0.15, -0.1) is 0 Å². The Morgan fingerprint density at radius 2 is 2.06 bits per heavy atom. The van der Waals surface area contributed by atoms with E-state index in [2.05, 4.69) is 0 Å². The van der Waals surface area contributed by atoms with Crippen LogP contribution in [0, 0.1) is 5.92 Å². The van der Waals surface area contributed by atoms with Crippen LogP contribution in [0.25, 0.3) is 0 Å². The lowest BCUT2D eigenvalue weighted by Crippen LogP contribution is -2.10. The first-order chi connectivity index (χ1) is 8.50. The summed E-state index contributed by atoms with van der Waals surface area (Å²) in [4.78, 5) is 10.5. The highest BCUT2D eigenvalue weighted by Gasteiger charge is 2.34. The average molecular weight is 258 g/mol. The zero-order valence-corrected chi connectivity index (χ0v) is 9.67. The largest absolute Gasteiger partial charge is 0.493 e. The van der Waals surface area contributed by atoms with Crippen molar-refractivity contribution in [2.24, 2.45) is 5.92 Å². The molecule has 2 nitrogen and oxygen atoms in total. The van der Waals surface area contributed by atoms with Crippen LogP contribution in [-0.2, 0) is 6.18 Å². The highest BCUT2D eigenvalue weighted by atomic mass is 19.4. The maximum Gasteiger partial charge on any atom is 0.419 e. The van der Waals surface area contributed by atoms with Crippen molar-refractivity contribution in [2.75, 3.05) is 6.61 Å². The monoisotopic (exact) mass is 258 g/mol. The standard InChI is InChI=1S/C13H13F3O2/c14-13(15,16)11-7-10(8-17)3-4-12(11)18-6-5-9-1-2-9/h3-4,7-9H,1-2,5-6H2. The van der Waals surface area contributed by atoms with Gasteiger partial charge in [0, 0.05) is 5.56 Å². The van der Waals surface area contributed by atoms with Crippen LogP contribution in [0.15, 0.2) is 18.2 Å². The quantitative estimate of drug-likeness (QED) is 0.753. The second kappa shape index (κ2) is 5.00. The number of hydrogen-bond acceptors (Lipinski definition) is 2. The molecule has 0 bridgehead atoms. The number of hydrogen-bond donors (Lipinski definition) is 0. The van der Waals surface area contributed by atoms with E-state index in [1.165, 1.54) is 12.1 Å². The first-order valence-corrected chi connectivity index (χ1v) is 5.80. The van der Waals surface area contributed by atoms with Gasteiger partial charge < -0.3 is 4.74 Å². The van der Waals surface area contributed by atoms with Gasteiger partial charge in [-0.05, 0) is 30.5 Å². The van der Waals surface area contributed by atoms with Crippen LogP contribution in [0.4, 0.5) is 13.2 Å². The molecule has 1 aliphatic carbocycles. The summed E-state index contributed by atoms with van der Waals surface area (Å²) in [5, 5.41) is 0. The molecule has 2 rings (SSSR count). The van der Waals surface area contributed by atoms with Crippen molar-refractivity contribution >= 4 is 6.29 Å². The van der Waals surface area contributed by atoms with E-state index in [0.717, 1.165) is 25.3 Å². The Bertz CT molecular complexity index is 436. The number of halogens is 3. The molecule has 5 heteroatoms.